The molecule has 0 unspecified atom stereocenters. The highest BCUT2D eigenvalue weighted by Gasteiger charge is 2.27. The van der Waals surface area contributed by atoms with Gasteiger partial charge in [0.05, 0.1) is 31.2 Å². The van der Waals surface area contributed by atoms with Crippen LogP contribution in [0.2, 0.25) is 0 Å². The van der Waals surface area contributed by atoms with Crippen molar-refractivity contribution in [2.75, 3.05) is 26.3 Å². The standard InChI is InChI=1S/C31H39N3O6/c1-31(2)39-22-25-19-24(14-15-28(25)40-31)27(35)20-32-16-8-3-4-9-17-38-18-10-7-12-23-11-5-6-13-26(23)34-29(36)21-33-30(34)37/h5-6,11,13-15,19,21,27,32,35-36H,3-4,8-10,16-18,20,22H2,1-2H3,(H,33,37)/t27-/m0/s1. The van der Waals surface area contributed by atoms with Crippen molar-refractivity contribution in [3.63, 3.8) is 0 Å². The number of nitrogens with zero attached hydrogens (tertiary/aromatic N) is 1. The number of aliphatic hydroxyl groups excluding tert-OH is 1. The third kappa shape index (κ3) is 8.23. The van der Waals surface area contributed by atoms with Crippen molar-refractivity contribution in [2.24, 2.45) is 0 Å². The van der Waals surface area contributed by atoms with E-state index in [0.29, 0.717) is 44.0 Å². The smallest absolute Gasteiger partial charge is 0.333 e. The zero-order valence-electron chi connectivity index (χ0n) is 23.2. The topological polar surface area (TPSA) is 118 Å². The van der Waals surface area contributed by atoms with Crippen LogP contribution in [0, 0.1) is 11.8 Å². The van der Waals surface area contributed by atoms with E-state index in [1.807, 2.05) is 44.2 Å². The van der Waals surface area contributed by atoms with Crippen LogP contribution in [0.3, 0.4) is 0 Å². The molecule has 0 spiro atoms. The fraction of sp³-hybridized carbons (Fsp3) is 0.452. The molecule has 9 heteroatoms. The van der Waals surface area contributed by atoms with E-state index in [9.17, 15) is 15.0 Å². The molecule has 40 heavy (non-hydrogen) atoms. The van der Waals surface area contributed by atoms with E-state index >= 15 is 0 Å². The van der Waals surface area contributed by atoms with Crippen molar-refractivity contribution < 1.29 is 24.4 Å². The van der Waals surface area contributed by atoms with Gasteiger partial charge in [0.15, 0.2) is 0 Å². The Hall–Kier alpha value is -3.55. The molecule has 0 amide bonds. The fourth-order valence-corrected chi connectivity index (χ4v) is 4.48. The molecule has 1 aliphatic heterocycles. The second kappa shape index (κ2) is 14.2. The van der Waals surface area contributed by atoms with Gasteiger partial charge in [0.25, 0.3) is 0 Å². The third-order valence-electron chi connectivity index (χ3n) is 6.63. The highest BCUT2D eigenvalue weighted by Crippen LogP contribution is 2.32. The number of para-hydroxylation sites is 1. The SMILES string of the molecule is CC1(C)OCc2cc([C@@H](O)CNCCCCCCOCCC#Cc3ccccc3-n3c(O)c[nH]c3=O)ccc2O1. The number of hydrogen-bond donors (Lipinski definition) is 4. The largest absolute Gasteiger partial charge is 0.493 e. The number of ether oxygens (including phenoxy) is 3. The van der Waals surface area contributed by atoms with E-state index in [1.165, 1.54) is 10.8 Å². The minimum atomic E-state index is -0.621. The van der Waals surface area contributed by atoms with Crippen molar-refractivity contribution in [3.8, 4) is 29.2 Å². The molecule has 0 fully saturated rings. The number of aromatic nitrogens is 2. The van der Waals surface area contributed by atoms with E-state index in [1.54, 1.807) is 12.1 Å². The van der Waals surface area contributed by atoms with Crippen molar-refractivity contribution in [2.45, 2.75) is 64.4 Å². The first kappa shape index (κ1) is 29.4. The molecule has 2 heterocycles. The summed E-state index contributed by atoms with van der Waals surface area (Å²) in [4.78, 5) is 14.4. The van der Waals surface area contributed by atoms with E-state index in [0.717, 1.165) is 49.1 Å². The van der Waals surface area contributed by atoms with E-state index in [2.05, 4.69) is 22.1 Å². The molecule has 0 saturated heterocycles. The molecule has 0 bridgehead atoms. The summed E-state index contributed by atoms with van der Waals surface area (Å²) in [6.07, 6.45) is 5.47. The van der Waals surface area contributed by atoms with E-state index < -0.39 is 17.6 Å². The molecule has 0 radical (unpaired) electrons. The van der Waals surface area contributed by atoms with Gasteiger partial charge in [0, 0.05) is 44.5 Å². The Morgan fingerprint density at radius 3 is 2.80 bits per heavy atom. The zero-order valence-corrected chi connectivity index (χ0v) is 23.2. The summed E-state index contributed by atoms with van der Waals surface area (Å²) in [6.45, 7) is 6.85. The molecule has 1 aromatic heterocycles. The van der Waals surface area contributed by atoms with Crippen LogP contribution in [0.5, 0.6) is 11.6 Å². The number of aromatic hydroxyl groups is 1. The Bertz CT molecular complexity index is 1370. The van der Waals surface area contributed by atoms with Gasteiger partial charge in [-0.1, -0.05) is 42.9 Å². The molecule has 0 saturated carbocycles. The second-order valence-corrected chi connectivity index (χ2v) is 10.3. The second-order valence-electron chi connectivity index (χ2n) is 10.3. The average molecular weight is 550 g/mol. The summed E-state index contributed by atoms with van der Waals surface area (Å²) in [5, 5.41) is 23.8. The summed E-state index contributed by atoms with van der Waals surface area (Å²) < 4.78 is 18.4. The Labute approximate surface area is 235 Å². The number of benzene rings is 2. The number of fused-ring (bicyclic) bond motifs is 1. The minimum Gasteiger partial charge on any atom is -0.493 e. The first-order valence-electron chi connectivity index (χ1n) is 13.8. The van der Waals surface area contributed by atoms with Crippen LogP contribution < -0.4 is 15.7 Å². The molecular formula is C31H39N3O6. The number of rotatable bonds is 13. The normalized spacial score (nSPS) is 14.6. The molecule has 4 N–H and O–H groups in total. The Balaban J connectivity index is 1.04. The van der Waals surface area contributed by atoms with Crippen molar-refractivity contribution in [3.05, 3.63) is 75.8 Å². The first-order chi connectivity index (χ1) is 19.3. The average Bonchev–Trinajstić information content (AvgIpc) is 3.27. The van der Waals surface area contributed by atoms with Crippen LogP contribution in [0.1, 0.15) is 68.7 Å². The van der Waals surface area contributed by atoms with Gasteiger partial charge in [-0.15, -0.1) is 0 Å². The summed E-state index contributed by atoms with van der Waals surface area (Å²) in [5.41, 5.74) is 2.61. The summed E-state index contributed by atoms with van der Waals surface area (Å²) >= 11 is 0. The van der Waals surface area contributed by atoms with Gasteiger partial charge in [0.2, 0.25) is 11.7 Å². The highest BCUT2D eigenvalue weighted by molar-refractivity contribution is 5.52. The van der Waals surface area contributed by atoms with E-state index in [-0.39, 0.29) is 5.88 Å². The number of aliphatic hydroxyl groups is 1. The molecule has 2 aromatic carbocycles. The number of H-pyrrole nitrogens is 1. The number of imidazole rings is 1. The Morgan fingerprint density at radius 2 is 1.98 bits per heavy atom. The third-order valence-corrected chi connectivity index (χ3v) is 6.63. The van der Waals surface area contributed by atoms with Gasteiger partial charge in [0.1, 0.15) is 5.75 Å². The molecule has 3 aromatic rings. The van der Waals surface area contributed by atoms with Gasteiger partial charge in [-0.25, -0.2) is 9.36 Å². The lowest BCUT2D eigenvalue weighted by atomic mass is 10.0. The molecular weight excluding hydrogens is 510 g/mol. The van der Waals surface area contributed by atoms with Gasteiger partial charge >= 0.3 is 5.69 Å². The maximum absolute atomic E-state index is 12.0. The molecule has 4 rings (SSSR count). The van der Waals surface area contributed by atoms with Gasteiger partial charge < -0.3 is 34.7 Å². The molecule has 214 valence electrons. The summed E-state index contributed by atoms with van der Waals surface area (Å²) in [6, 6.07) is 13.0. The number of nitrogens with one attached hydrogen (secondary N) is 2. The molecule has 1 aliphatic rings. The quantitative estimate of drug-likeness (QED) is 0.187. The van der Waals surface area contributed by atoms with Crippen molar-refractivity contribution in [1.29, 1.82) is 0 Å². The van der Waals surface area contributed by atoms with Crippen LogP contribution in [-0.4, -0.2) is 51.9 Å². The monoisotopic (exact) mass is 549 g/mol. The Morgan fingerprint density at radius 1 is 1.15 bits per heavy atom. The summed E-state index contributed by atoms with van der Waals surface area (Å²) in [7, 11) is 0. The molecule has 0 aliphatic carbocycles. The minimum absolute atomic E-state index is 0.155. The van der Waals surface area contributed by atoms with Crippen molar-refractivity contribution in [1.82, 2.24) is 14.9 Å². The van der Waals surface area contributed by atoms with Crippen LogP contribution >= 0.6 is 0 Å². The van der Waals surface area contributed by atoms with Crippen LogP contribution in [0.4, 0.5) is 0 Å². The maximum Gasteiger partial charge on any atom is 0.333 e. The predicted molar refractivity (Wildman–Crippen MR) is 153 cm³/mol. The van der Waals surface area contributed by atoms with Gasteiger partial charge in [-0.05, 0) is 49.2 Å². The van der Waals surface area contributed by atoms with E-state index in [4.69, 9.17) is 14.2 Å². The molecule has 1 atom stereocenters. The van der Waals surface area contributed by atoms with Crippen LogP contribution in [0.25, 0.3) is 5.69 Å². The lowest BCUT2D eigenvalue weighted by Crippen LogP contribution is -2.35. The summed E-state index contributed by atoms with van der Waals surface area (Å²) in [5.74, 6) is 6.19. The lowest BCUT2D eigenvalue weighted by Gasteiger charge is -2.33. The molecule has 9 nitrogen and oxygen atoms in total. The van der Waals surface area contributed by atoms with Gasteiger partial charge in [-0.2, -0.15) is 0 Å². The van der Waals surface area contributed by atoms with Gasteiger partial charge in [-0.3, -0.25) is 0 Å². The lowest BCUT2D eigenvalue weighted by molar-refractivity contribution is -0.180. The predicted octanol–water partition coefficient (Wildman–Crippen LogP) is 4.16. The van der Waals surface area contributed by atoms with Crippen LogP contribution in [0.15, 0.2) is 53.5 Å². The first-order valence-corrected chi connectivity index (χ1v) is 13.8. The maximum atomic E-state index is 12.0. The van der Waals surface area contributed by atoms with Crippen LogP contribution in [-0.2, 0) is 16.1 Å². The number of aromatic amines is 1. The number of unbranched alkanes of at least 4 members (excludes halogenated alkanes) is 3. The number of hydrogen-bond acceptors (Lipinski definition) is 7. The Kier molecular flexibility index (Phi) is 10.4. The zero-order chi connectivity index (χ0) is 28.4. The fourth-order valence-electron chi connectivity index (χ4n) is 4.48. The van der Waals surface area contributed by atoms with Crippen molar-refractivity contribution >= 4 is 0 Å². The highest BCUT2D eigenvalue weighted by atomic mass is 16.7.